The van der Waals surface area contributed by atoms with Crippen LogP contribution < -0.4 is 10.6 Å². The molecule has 0 bridgehead atoms. The van der Waals surface area contributed by atoms with E-state index in [0.29, 0.717) is 12.2 Å². The normalized spacial score (nSPS) is 12.2. The molecule has 0 fully saturated rings. The molecule has 0 aliphatic rings. The number of carbonyl (C=O) groups is 1. The molecule has 1 aromatic heterocycles. The maximum Gasteiger partial charge on any atom is 0.270 e. The zero-order chi connectivity index (χ0) is 14.5. The van der Waals surface area contributed by atoms with E-state index in [1.165, 1.54) is 16.9 Å². The van der Waals surface area contributed by atoms with Crippen LogP contribution in [0.1, 0.15) is 23.0 Å². The molecule has 0 saturated heterocycles. The molecule has 0 aliphatic carbocycles. The smallest absolute Gasteiger partial charge is 0.270 e. The van der Waals surface area contributed by atoms with Crippen molar-refractivity contribution in [1.82, 2.24) is 15.6 Å². The van der Waals surface area contributed by atoms with E-state index in [4.69, 9.17) is 0 Å². The van der Waals surface area contributed by atoms with Gasteiger partial charge in [-0.05, 0) is 20.9 Å². The molecule has 106 valence electrons. The molecule has 1 aromatic carbocycles. The largest absolute Gasteiger partial charge is 0.349 e. The third-order valence-electron chi connectivity index (χ3n) is 3.10. The van der Waals surface area contributed by atoms with Gasteiger partial charge in [-0.1, -0.05) is 29.8 Å². The fourth-order valence-electron chi connectivity index (χ4n) is 1.65. The molecule has 0 saturated carbocycles. The van der Waals surface area contributed by atoms with Crippen molar-refractivity contribution in [2.24, 2.45) is 0 Å². The van der Waals surface area contributed by atoms with E-state index in [1.54, 1.807) is 5.38 Å². The lowest BCUT2D eigenvalue weighted by Crippen LogP contribution is -2.37. The van der Waals surface area contributed by atoms with Gasteiger partial charge in [-0.25, -0.2) is 4.98 Å². The molecule has 2 N–H and O–H groups in total. The van der Waals surface area contributed by atoms with Gasteiger partial charge in [0.2, 0.25) is 0 Å². The predicted molar refractivity (Wildman–Crippen MR) is 83.1 cm³/mol. The van der Waals surface area contributed by atoms with E-state index in [0.717, 1.165) is 10.6 Å². The number of thiazole rings is 1. The Bertz CT molecular complexity index is 577. The minimum Gasteiger partial charge on any atom is -0.349 e. The molecule has 1 amide bonds. The summed E-state index contributed by atoms with van der Waals surface area (Å²) in [5.74, 6) is -0.123. The van der Waals surface area contributed by atoms with Gasteiger partial charge in [-0.15, -0.1) is 11.3 Å². The van der Waals surface area contributed by atoms with E-state index in [9.17, 15) is 4.79 Å². The minimum atomic E-state index is -0.123. The predicted octanol–water partition coefficient (Wildman–Crippen LogP) is 2.46. The summed E-state index contributed by atoms with van der Waals surface area (Å²) in [6.07, 6.45) is 0. The van der Waals surface area contributed by atoms with Gasteiger partial charge in [0.15, 0.2) is 0 Å². The van der Waals surface area contributed by atoms with Crippen LogP contribution in [0.3, 0.4) is 0 Å². The average Bonchev–Trinajstić information content (AvgIpc) is 2.95. The first-order valence-electron chi connectivity index (χ1n) is 6.58. The van der Waals surface area contributed by atoms with E-state index in [1.807, 2.05) is 45.2 Å². The van der Waals surface area contributed by atoms with E-state index >= 15 is 0 Å². The summed E-state index contributed by atoms with van der Waals surface area (Å²) < 4.78 is 0. The van der Waals surface area contributed by atoms with Crippen LogP contribution in [0.15, 0.2) is 29.6 Å². The zero-order valence-corrected chi connectivity index (χ0v) is 12.8. The number of nitrogens with one attached hydrogen (secondary N) is 2. The summed E-state index contributed by atoms with van der Waals surface area (Å²) in [4.78, 5) is 16.4. The van der Waals surface area contributed by atoms with Gasteiger partial charge in [-0.2, -0.15) is 0 Å². The highest BCUT2D eigenvalue weighted by molar-refractivity contribution is 7.13. The van der Waals surface area contributed by atoms with Crippen LogP contribution in [0.4, 0.5) is 0 Å². The molecule has 1 atom stereocenters. The van der Waals surface area contributed by atoms with Gasteiger partial charge in [0.25, 0.3) is 5.91 Å². The number of amides is 1. The van der Waals surface area contributed by atoms with E-state index in [-0.39, 0.29) is 11.9 Å². The molecular weight excluding hydrogens is 270 g/mol. The second-order valence-corrected chi connectivity index (χ2v) is 5.66. The first-order valence-corrected chi connectivity index (χ1v) is 7.46. The van der Waals surface area contributed by atoms with Crippen molar-refractivity contribution in [3.05, 3.63) is 40.9 Å². The number of aromatic nitrogens is 1. The van der Waals surface area contributed by atoms with Crippen molar-refractivity contribution in [3.8, 4) is 10.6 Å². The summed E-state index contributed by atoms with van der Waals surface area (Å²) in [7, 11) is 1.87. The highest BCUT2D eigenvalue weighted by Crippen LogP contribution is 2.23. The lowest BCUT2D eigenvalue weighted by Gasteiger charge is -2.10. The molecule has 4 nitrogen and oxygen atoms in total. The highest BCUT2D eigenvalue weighted by Gasteiger charge is 2.12. The summed E-state index contributed by atoms with van der Waals surface area (Å²) >= 11 is 1.49. The SMILES string of the molecule is CNC(C)CNC(=O)c1csc(-c2ccc(C)cc2)n1. The number of nitrogens with zero attached hydrogens (tertiary/aromatic N) is 1. The van der Waals surface area contributed by atoms with Crippen LogP contribution in [-0.4, -0.2) is 30.5 Å². The van der Waals surface area contributed by atoms with E-state index in [2.05, 4.69) is 15.6 Å². The Labute approximate surface area is 123 Å². The second kappa shape index (κ2) is 6.63. The molecule has 2 rings (SSSR count). The number of benzene rings is 1. The Morgan fingerprint density at radius 2 is 2.05 bits per heavy atom. The van der Waals surface area contributed by atoms with E-state index < -0.39 is 0 Å². The highest BCUT2D eigenvalue weighted by atomic mass is 32.1. The molecule has 2 aromatic rings. The summed E-state index contributed by atoms with van der Waals surface area (Å²) in [5.41, 5.74) is 2.74. The Morgan fingerprint density at radius 1 is 1.35 bits per heavy atom. The fourth-order valence-corrected chi connectivity index (χ4v) is 2.45. The first-order chi connectivity index (χ1) is 9.60. The summed E-state index contributed by atoms with van der Waals surface area (Å²) in [5, 5.41) is 8.61. The van der Waals surface area contributed by atoms with Crippen LogP contribution in [0.2, 0.25) is 0 Å². The second-order valence-electron chi connectivity index (χ2n) is 4.80. The van der Waals surface area contributed by atoms with Crippen molar-refractivity contribution in [3.63, 3.8) is 0 Å². The maximum absolute atomic E-state index is 12.0. The monoisotopic (exact) mass is 289 g/mol. The summed E-state index contributed by atoms with van der Waals surface area (Å²) in [6.45, 7) is 4.65. The summed E-state index contributed by atoms with van der Waals surface area (Å²) in [6, 6.07) is 8.39. The van der Waals surface area contributed by atoms with Gasteiger partial charge < -0.3 is 10.6 Å². The van der Waals surface area contributed by atoms with Gasteiger partial charge >= 0.3 is 0 Å². The van der Waals surface area contributed by atoms with Crippen molar-refractivity contribution in [2.75, 3.05) is 13.6 Å². The molecule has 1 heterocycles. The molecule has 0 aliphatic heterocycles. The van der Waals surface area contributed by atoms with Gasteiger partial charge in [0, 0.05) is 23.5 Å². The minimum absolute atomic E-state index is 0.123. The van der Waals surface area contributed by atoms with Crippen LogP contribution in [-0.2, 0) is 0 Å². The average molecular weight is 289 g/mol. The molecule has 20 heavy (non-hydrogen) atoms. The van der Waals surface area contributed by atoms with Gasteiger partial charge in [0.05, 0.1) is 0 Å². The van der Waals surface area contributed by atoms with Crippen molar-refractivity contribution in [1.29, 1.82) is 0 Å². The molecular formula is C15H19N3OS. The van der Waals surface area contributed by atoms with Gasteiger partial charge in [0.1, 0.15) is 10.7 Å². The van der Waals surface area contributed by atoms with Crippen LogP contribution >= 0.6 is 11.3 Å². The zero-order valence-electron chi connectivity index (χ0n) is 11.9. The first kappa shape index (κ1) is 14.7. The maximum atomic E-state index is 12.0. The number of likely N-dealkylation sites (N-methyl/N-ethyl adjacent to an activating group) is 1. The Hall–Kier alpha value is -1.72. The Kier molecular flexibility index (Phi) is 4.87. The van der Waals surface area contributed by atoms with Crippen LogP contribution in [0, 0.1) is 6.92 Å². The number of carbonyl (C=O) groups excluding carboxylic acids is 1. The molecule has 0 spiro atoms. The fraction of sp³-hybridized carbons (Fsp3) is 0.333. The van der Waals surface area contributed by atoms with Crippen LogP contribution in [0.5, 0.6) is 0 Å². The number of hydrogen-bond acceptors (Lipinski definition) is 4. The molecule has 1 unspecified atom stereocenters. The number of hydrogen-bond donors (Lipinski definition) is 2. The van der Waals surface area contributed by atoms with Crippen molar-refractivity contribution < 1.29 is 4.79 Å². The molecule has 0 radical (unpaired) electrons. The number of rotatable bonds is 5. The lowest BCUT2D eigenvalue weighted by molar-refractivity contribution is 0.0946. The lowest BCUT2D eigenvalue weighted by atomic mass is 10.2. The van der Waals surface area contributed by atoms with Crippen molar-refractivity contribution in [2.45, 2.75) is 19.9 Å². The quantitative estimate of drug-likeness (QED) is 0.889. The van der Waals surface area contributed by atoms with Crippen molar-refractivity contribution >= 4 is 17.2 Å². The van der Waals surface area contributed by atoms with Gasteiger partial charge in [-0.3, -0.25) is 4.79 Å². The third kappa shape index (κ3) is 3.65. The molecule has 5 heteroatoms. The van der Waals surface area contributed by atoms with Crippen LogP contribution in [0.25, 0.3) is 10.6 Å². The standard InChI is InChI=1S/C15H19N3OS/c1-10-4-6-12(7-5-10)15-18-13(9-20-15)14(19)17-8-11(2)16-3/h4-7,9,11,16H,8H2,1-3H3,(H,17,19). The number of aryl methyl sites for hydroxylation is 1. The Balaban J connectivity index is 2.05. The third-order valence-corrected chi connectivity index (χ3v) is 3.99. The topological polar surface area (TPSA) is 54.0 Å². The Morgan fingerprint density at radius 3 is 2.70 bits per heavy atom.